The van der Waals surface area contributed by atoms with Crippen LogP contribution in [0.15, 0.2) is 35.5 Å². The van der Waals surface area contributed by atoms with Crippen molar-refractivity contribution in [3.8, 4) is 0 Å². The lowest BCUT2D eigenvalue weighted by Gasteiger charge is -2.28. The van der Waals surface area contributed by atoms with E-state index in [-0.39, 0.29) is 12.2 Å². The fourth-order valence-corrected chi connectivity index (χ4v) is 3.21. The molecule has 5 atom stereocenters. The molecule has 138 valence electrons. The minimum atomic E-state index is -0.660. The summed E-state index contributed by atoms with van der Waals surface area (Å²) in [7, 11) is 0. The molecule has 0 aromatic carbocycles. The molecule has 25 heavy (non-hydrogen) atoms. The fraction of sp³-hybridized carbons (Fsp3) is 0.579. The van der Waals surface area contributed by atoms with Crippen LogP contribution < -0.4 is 0 Å². The molecular weight excluding hydrogens is 324 g/mol. The summed E-state index contributed by atoms with van der Waals surface area (Å²) in [5.41, 5.74) is 2.00. The van der Waals surface area contributed by atoms with Crippen LogP contribution in [0, 0.1) is 11.8 Å². The number of fused-ring (bicyclic) bond motifs is 1. The number of ether oxygens (including phenoxy) is 2. The van der Waals surface area contributed by atoms with Gasteiger partial charge in [-0.25, -0.2) is 4.79 Å². The van der Waals surface area contributed by atoms with Crippen LogP contribution >= 0.6 is 0 Å². The van der Waals surface area contributed by atoms with E-state index in [1.807, 2.05) is 13.8 Å². The van der Waals surface area contributed by atoms with Crippen LogP contribution in [0.25, 0.3) is 0 Å². The number of aliphatic hydroxyl groups excluding tert-OH is 2. The molecule has 0 spiro atoms. The number of carbonyl (C=O) groups excluding carboxylic acids is 2. The van der Waals surface area contributed by atoms with Crippen LogP contribution in [0.2, 0.25) is 0 Å². The van der Waals surface area contributed by atoms with E-state index in [1.54, 1.807) is 19.1 Å². The Morgan fingerprint density at radius 1 is 1.36 bits per heavy atom. The third-order valence-corrected chi connectivity index (χ3v) is 4.59. The van der Waals surface area contributed by atoms with Crippen LogP contribution in [0.3, 0.4) is 0 Å². The summed E-state index contributed by atoms with van der Waals surface area (Å²) in [6, 6.07) is 0. The molecule has 1 aliphatic carbocycles. The first-order valence-corrected chi connectivity index (χ1v) is 8.46. The lowest BCUT2D eigenvalue weighted by Crippen LogP contribution is -2.35. The summed E-state index contributed by atoms with van der Waals surface area (Å²) in [6.07, 6.45) is 2.42. The first kappa shape index (κ1) is 19.4. The van der Waals surface area contributed by atoms with Gasteiger partial charge in [0.05, 0.1) is 24.5 Å². The average molecular weight is 350 g/mol. The van der Waals surface area contributed by atoms with Gasteiger partial charge in [-0.3, -0.25) is 4.79 Å². The standard InChI is InChI=1S/C19H26O6/c1-10-5-14(21)6-11(2)8-16-17(13(4)19(23)25-16)15(7-10)24-18(22)12(3)9-20/h5,8,12,14-17,20-21H,4,6-7,9H2,1-3H3. The zero-order chi connectivity index (χ0) is 18.7. The van der Waals surface area contributed by atoms with Gasteiger partial charge in [-0.2, -0.15) is 0 Å². The second-order valence-electron chi connectivity index (χ2n) is 6.98. The normalized spacial score (nSPS) is 31.4. The molecular formula is C19H26O6. The minimum absolute atomic E-state index is 0.275. The minimum Gasteiger partial charge on any atom is -0.461 e. The van der Waals surface area contributed by atoms with Crippen LogP contribution in [0.4, 0.5) is 0 Å². The van der Waals surface area contributed by atoms with Gasteiger partial charge in [-0.15, -0.1) is 0 Å². The molecule has 1 aliphatic heterocycles. The van der Waals surface area contributed by atoms with Crippen molar-refractivity contribution in [2.75, 3.05) is 6.61 Å². The fourth-order valence-electron chi connectivity index (χ4n) is 3.21. The number of carbonyl (C=O) groups is 2. The molecule has 0 aromatic heterocycles. The summed E-state index contributed by atoms with van der Waals surface area (Å²) >= 11 is 0. The molecule has 5 unspecified atom stereocenters. The molecule has 2 aliphatic rings. The Morgan fingerprint density at radius 2 is 2.00 bits per heavy atom. The lowest BCUT2D eigenvalue weighted by atomic mass is 9.85. The van der Waals surface area contributed by atoms with E-state index < -0.39 is 42.1 Å². The third-order valence-electron chi connectivity index (χ3n) is 4.59. The molecule has 0 amide bonds. The Balaban J connectivity index is 2.39. The monoisotopic (exact) mass is 350 g/mol. The second kappa shape index (κ2) is 7.97. The topological polar surface area (TPSA) is 93.1 Å². The van der Waals surface area contributed by atoms with E-state index in [2.05, 4.69) is 6.58 Å². The molecule has 0 radical (unpaired) electrons. The zero-order valence-corrected chi connectivity index (χ0v) is 14.9. The molecule has 6 nitrogen and oxygen atoms in total. The van der Waals surface area contributed by atoms with Crippen LogP contribution in [-0.2, 0) is 19.1 Å². The van der Waals surface area contributed by atoms with E-state index in [0.29, 0.717) is 12.8 Å². The Morgan fingerprint density at radius 3 is 2.64 bits per heavy atom. The zero-order valence-electron chi connectivity index (χ0n) is 14.9. The van der Waals surface area contributed by atoms with Gasteiger partial charge in [-0.05, 0) is 33.3 Å². The van der Waals surface area contributed by atoms with E-state index >= 15 is 0 Å². The predicted molar refractivity (Wildman–Crippen MR) is 91.4 cm³/mol. The Hall–Kier alpha value is -1.92. The molecule has 0 aromatic rings. The van der Waals surface area contributed by atoms with Crippen molar-refractivity contribution < 1.29 is 29.3 Å². The van der Waals surface area contributed by atoms with Gasteiger partial charge in [0.2, 0.25) is 0 Å². The molecule has 2 rings (SSSR count). The van der Waals surface area contributed by atoms with E-state index in [4.69, 9.17) is 14.6 Å². The molecule has 6 heteroatoms. The van der Waals surface area contributed by atoms with E-state index in [0.717, 1.165) is 11.1 Å². The molecule has 1 heterocycles. The summed E-state index contributed by atoms with van der Waals surface area (Å²) in [5.74, 6) is -2.19. The van der Waals surface area contributed by atoms with Crippen molar-refractivity contribution in [3.05, 3.63) is 35.5 Å². The summed E-state index contributed by atoms with van der Waals surface area (Å²) in [5, 5.41) is 19.3. The lowest BCUT2D eigenvalue weighted by molar-refractivity contribution is -0.157. The maximum absolute atomic E-state index is 12.2. The van der Waals surface area contributed by atoms with Gasteiger partial charge < -0.3 is 19.7 Å². The van der Waals surface area contributed by atoms with Gasteiger partial charge in [0.1, 0.15) is 12.2 Å². The Bertz CT molecular complexity index is 617. The van der Waals surface area contributed by atoms with Crippen molar-refractivity contribution in [2.45, 2.75) is 51.9 Å². The van der Waals surface area contributed by atoms with Crippen LogP contribution in [-0.4, -0.2) is 47.1 Å². The number of hydrogen-bond donors (Lipinski definition) is 2. The smallest absolute Gasteiger partial charge is 0.334 e. The third kappa shape index (κ3) is 4.58. The Kier molecular flexibility index (Phi) is 6.19. The summed E-state index contributed by atoms with van der Waals surface area (Å²) in [4.78, 5) is 24.2. The van der Waals surface area contributed by atoms with Crippen molar-refractivity contribution in [1.29, 1.82) is 0 Å². The molecule has 1 saturated heterocycles. The van der Waals surface area contributed by atoms with Crippen molar-refractivity contribution in [2.24, 2.45) is 11.8 Å². The highest BCUT2D eigenvalue weighted by Gasteiger charge is 2.44. The van der Waals surface area contributed by atoms with Gasteiger partial charge in [0.25, 0.3) is 0 Å². The highest BCUT2D eigenvalue weighted by atomic mass is 16.6. The molecule has 0 saturated carbocycles. The van der Waals surface area contributed by atoms with Crippen molar-refractivity contribution >= 4 is 11.9 Å². The van der Waals surface area contributed by atoms with Gasteiger partial charge in [0.15, 0.2) is 0 Å². The first-order chi connectivity index (χ1) is 11.7. The SMILES string of the molecule is C=C1C(=O)OC2C=C(C)CC(O)C=C(C)CC(OC(=O)C(C)CO)C12. The van der Waals surface area contributed by atoms with Crippen LogP contribution in [0.5, 0.6) is 0 Å². The predicted octanol–water partition coefficient (Wildman–Crippen LogP) is 1.67. The average Bonchev–Trinajstić information content (AvgIpc) is 2.78. The molecule has 0 bridgehead atoms. The van der Waals surface area contributed by atoms with E-state index in [1.165, 1.54) is 0 Å². The largest absolute Gasteiger partial charge is 0.461 e. The number of esters is 2. The highest BCUT2D eigenvalue weighted by molar-refractivity contribution is 5.91. The second-order valence-corrected chi connectivity index (χ2v) is 6.98. The summed E-state index contributed by atoms with van der Waals surface area (Å²) in [6.45, 7) is 8.77. The number of hydrogen-bond acceptors (Lipinski definition) is 6. The first-order valence-electron chi connectivity index (χ1n) is 8.46. The van der Waals surface area contributed by atoms with Gasteiger partial charge in [-0.1, -0.05) is 23.8 Å². The quantitative estimate of drug-likeness (QED) is 0.457. The highest BCUT2D eigenvalue weighted by Crippen LogP contribution is 2.36. The number of aliphatic hydroxyl groups is 2. The molecule has 1 fully saturated rings. The summed E-state index contributed by atoms with van der Waals surface area (Å²) < 4.78 is 11.0. The Labute approximate surface area is 147 Å². The maximum Gasteiger partial charge on any atom is 0.334 e. The van der Waals surface area contributed by atoms with Gasteiger partial charge in [0, 0.05) is 12.0 Å². The van der Waals surface area contributed by atoms with E-state index in [9.17, 15) is 14.7 Å². The molecule has 2 N–H and O–H groups in total. The van der Waals surface area contributed by atoms with Gasteiger partial charge >= 0.3 is 11.9 Å². The van der Waals surface area contributed by atoms with Crippen molar-refractivity contribution in [1.82, 2.24) is 0 Å². The van der Waals surface area contributed by atoms with Crippen LogP contribution in [0.1, 0.15) is 33.6 Å². The maximum atomic E-state index is 12.2. The van der Waals surface area contributed by atoms with Crippen molar-refractivity contribution in [3.63, 3.8) is 0 Å². The number of rotatable bonds is 3.